The summed E-state index contributed by atoms with van der Waals surface area (Å²) >= 11 is 0. The van der Waals surface area contributed by atoms with Crippen LogP contribution >= 0.6 is 0 Å². The fraction of sp³-hybridized carbons (Fsp3) is 0.211. The third kappa shape index (κ3) is 3.35. The van der Waals surface area contributed by atoms with Crippen LogP contribution in [0.5, 0.6) is 23.0 Å². The molecule has 3 rings (SSSR count). The van der Waals surface area contributed by atoms with E-state index in [-0.39, 0.29) is 5.78 Å². The van der Waals surface area contributed by atoms with Gasteiger partial charge in [-0.1, -0.05) is 12.1 Å². The summed E-state index contributed by atoms with van der Waals surface area (Å²) in [5, 5.41) is 0. The van der Waals surface area contributed by atoms with Crippen LogP contribution in [0.4, 0.5) is 0 Å². The molecule has 0 spiro atoms. The SMILES string of the molecule is COc1ccc(C(=O)/C=C/c2ccc3c(c2)OCCO3)c(OC)c1. The molecule has 1 aliphatic rings. The van der Waals surface area contributed by atoms with E-state index in [0.717, 1.165) is 11.3 Å². The highest BCUT2D eigenvalue weighted by Gasteiger charge is 2.12. The summed E-state index contributed by atoms with van der Waals surface area (Å²) in [7, 11) is 3.09. The van der Waals surface area contributed by atoms with E-state index in [9.17, 15) is 4.79 Å². The van der Waals surface area contributed by atoms with Gasteiger partial charge in [0.2, 0.25) is 0 Å². The maximum atomic E-state index is 12.4. The fourth-order valence-corrected chi connectivity index (χ4v) is 2.43. The summed E-state index contributed by atoms with van der Waals surface area (Å²) < 4.78 is 21.4. The molecule has 0 aromatic heterocycles. The topological polar surface area (TPSA) is 54.0 Å². The van der Waals surface area contributed by atoms with E-state index in [2.05, 4.69) is 0 Å². The first-order valence-corrected chi connectivity index (χ1v) is 7.55. The van der Waals surface area contributed by atoms with Gasteiger partial charge in [-0.05, 0) is 35.9 Å². The average Bonchev–Trinajstić information content (AvgIpc) is 2.65. The molecule has 5 nitrogen and oxygen atoms in total. The van der Waals surface area contributed by atoms with Crippen molar-refractivity contribution in [2.24, 2.45) is 0 Å². The van der Waals surface area contributed by atoms with Gasteiger partial charge in [0.1, 0.15) is 24.7 Å². The lowest BCUT2D eigenvalue weighted by atomic mass is 10.1. The van der Waals surface area contributed by atoms with Gasteiger partial charge in [0, 0.05) is 6.07 Å². The molecule has 0 fully saturated rings. The second-order valence-electron chi connectivity index (χ2n) is 5.17. The molecule has 1 aliphatic heterocycles. The molecule has 2 aromatic carbocycles. The van der Waals surface area contributed by atoms with Crippen LogP contribution in [0, 0.1) is 0 Å². The molecule has 0 amide bonds. The monoisotopic (exact) mass is 326 g/mol. The second kappa shape index (κ2) is 7.08. The van der Waals surface area contributed by atoms with Crippen molar-refractivity contribution in [2.75, 3.05) is 27.4 Å². The number of ketones is 1. The zero-order valence-electron chi connectivity index (χ0n) is 13.6. The number of carbonyl (C=O) groups excluding carboxylic acids is 1. The van der Waals surface area contributed by atoms with E-state index < -0.39 is 0 Å². The minimum Gasteiger partial charge on any atom is -0.497 e. The van der Waals surface area contributed by atoms with E-state index in [1.54, 1.807) is 31.4 Å². The Labute approximate surface area is 140 Å². The van der Waals surface area contributed by atoms with Crippen molar-refractivity contribution < 1.29 is 23.7 Å². The van der Waals surface area contributed by atoms with Crippen LogP contribution in [0.15, 0.2) is 42.5 Å². The number of allylic oxidation sites excluding steroid dienone is 1. The molecular formula is C19H18O5. The Morgan fingerprint density at radius 3 is 2.54 bits per heavy atom. The highest BCUT2D eigenvalue weighted by atomic mass is 16.6. The number of ether oxygens (including phenoxy) is 4. The van der Waals surface area contributed by atoms with Crippen molar-refractivity contribution in [3.8, 4) is 23.0 Å². The Hall–Kier alpha value is -2.95. The third-order valence-corrected chi connectivity index (χ3v) is 3.67. The fourth-order valence-electron chi connectivity index (χ4n) is 2.43. The van der Waals surface area contributed by atoms with Gasteiger partial charge in [-0.2, -0.15) is 0 Å². The molecule has 0 saturated heterocycles. The van der Waals surface area contributed by atoms with Gasteiger partial charge in [-0.15, -0.1) is 0 Å². The summed E-state index contributed by atoms with van der Waals surface area (Å²) in [6.45, 7) is 1.08. The van der Waals surface area contributed by atoms with Gasteiger partial charge in [0.05, 0.1) is 19.8 Å². The van der Waals surface area contributed by atoms with E-state index in [1.165, 1.54) is 13.2 Å². The van der Waals surface area contributed by atoms with Crippen molar-refractivity contribution in [1.29, 1.82) is 0 Å². The first-order chi connectivity index (χ1) is 11.7. The van der Waals surface area contributed by atoms with Crippen molar-refractivity contribution in [1.82, 2.24) is 0 Å². The number of benzene rings is 2. The summed E-state index contributed by atoms with van der Waals surface area (Å²) in [4.78, 5) is 12.4. The van der Waals surface area contributed by atoms with Gasteiger partial charge >= 0.3 is 0 Å². The van der Waals surface area contributed by atoms with Crippen LogP contribution in [0.2, 0.25) is 0 Å². The summed E-state index contributed by atoms with van der Waals surface area (Å²) in [5.74, 6) is 2.38. The molecule has 0 saturated carbocycles. The Kier molecular flexibility index (Phi) is 4.70. The first-order valence-electron chi connectivity index (χ1n) is 7.55. The Balaban J connectivity index is 1.80. The van der Waals surface area contributed by atoms with Gasteiger partial charge < -0.3 is 18.9 Å². The standard InChI is InChI=1S/C19H18O5/c1-21-14-5-6-15(18(12-14)22-2)16(20)7-3-13-4-8-17-19(11-13)24-10-9-23-17/h3-8,11-12H,9-10H2,1-2H3/b7-3+. The number of carbonyl (C=O) groups is 1. The molecular weight excluding hydrogens is 308 g/mol. The maximum absolute atomic E-state index is 12.4. The lowest BCUT2D eigenvalue weighted by Crippen LogP contribution is -2.15. The predicted octanol–water partition coefficient (Wildman–Crippen LogP) is 3.37. The van der Waals surface area contributed by atoms with Crippen molar-refractivity contribution in [3.05, 3.63) is 53.6 Å². The molecule has 124 valence electrons. The summed E-state index contributed by atoms with van der Waals surface area (Å²) in [6, 6.07) is 10.7. The molecule has 0 unspecified atom stereocenters. The van der Waals surface area contributed by atoms with E-state index >= 15 is 0 Å². The largest absolute Gasteiger partial charge is 0.497 e. The van der Waals surface area contributed by atoms with E-state index in [0.29, 0.717) is 36.0 Å². The highest BCUT2D eigenvalue weighted by Crippen LogP contribution is 2.31. The van der Waals surface area contributed by atoms with Gasteiger partial charge in [-0.25, -0.2) is 0 Å². The predicted molar refractivity (Wildman–Crippen MR) is 90.3 cm³/mol. The van der Waals surface area contributed by atoms with Gasteiger partial charge in [0.25, 0.3) is 0 Å². The van der Waals surface area contributed by atoms with Crippen LogP contribution in [-0.2, 0) is 0 Å². The average molecular weight is 326 g/mol. The minimum atomic E-state index is -0.149. The Morgan fingerprint density at radius 1 is 1.00 bits per heavy atom. The van der Waals surface area contributed by atoms with E-state index in [1.807, 2.05) is 18.2 Å². The zero-order chi connectivity index (χ0) is 16.9. The second-order valence-corrected chi connectivity index (χ2v) is 5.17. The molecule has 0 radical (unpaired) electrons. The molecule has 5 heteroatoms. The lowest BCUT2D eigenvalue weighted by molar-refractivity contribution is 0.104. The Bertz CT molecular complexity index is 779. The van der Waals surface area contributed by atoms with Crippen molar-refractivity contribution in [3.63, 3.8) is 0 Å². The minimum absolute atomic E-state index is 0.149. The number of fused-ring (bicyclic) bond motifs is 1. The van der Waals surface area contributed by atoms with Crippen LogP contribution in [-0.4, -0.2) is 33.2 Å². The van der Waals surface area contributed by atoms with Gasteiger partial charge in [-0.3, -0.25) is 4.79 Å². The van der Waals surface area contributed by atoms with Crippen LogP contribution < -0.4 is 18.9 Å². The first kappa shape index (κ1) is 15.9. The normalized spacial score (nSPS) is 12.9. The smallest absolute Gasteiger partial charge is 0.189 e. The van der Waals surface area contributed by atoms with Crippen molar-refractivity contribution in [2.45, 2.75) is 0 Å². The number of hydrogen-bond acceptors (Lipinski definition) is 5. The summed E-state index contributed by atoms with van der Waals surface area (Å²) in [5.41, 5.74) is 1.34. The lowest BCUT2D eigenvalue weighted by Gasteiger charge is -2.18. The zero-order valence-corrected chi connectivity index (χ0v) is 13.6. The quantitative estimate of drug-likeness (QED) is 0.623. The molecule has 0 aliphatic carbocycles. The Morgan fingerprint density at radius 2 is 1.79 bits per heavy atom. The van der Waals surface area contributed by atoms with Gasteiger partial charge in [0.15, 0.2) is 17.3 Å². The maximum Gasteiger partial charge on any atom is 0.189 e. The van der Waals surface area contributed by atoms with Crippen LogP contribution in [0.3, 0.4) is 0 Å². The van der Waals surface area contributed by atoms with Crippen molar-refractivity contribution >= 4 is 11.9 Å². The van der Waals surface area contributed by atoms with E-state index in [4.69, 9.17) is 18.9 Å². The number of hydrogen-bond donors (Lipinski definition) is 0. The molecule has 2 aromatic rings. The molecule has 0 bridgehead atoms. The molecule has 24 heavy (non-hydrogen) atoms. The third-order valence-electron chi connectivity index (χ3n) is 3.67. The molecule has 1 heterocycles. The van der Waals surface area contributed by atoms with Crippen LogP contribution in [0.25, 0.3) is 6.08 Å². The highest BCUT2D eigenvalue weighted by molar-refractivity contribution is 6.08. The number of methoxy groups -OCH3 is 2. The van der Waals surface area contributed by atoms with Crippen LogP contribution in [0.1, 0.15) is 15.9 Å². The number of rotatable bonds is 5. The molecule has 0 atom stereocenters. The molecule has 0 N–H and O–H groups in total. The summed E-state index contributed by atoms with van der Waals surface area (Å²) in [6.07, 6.45) is 3.25.